The monoisotopic (exact) mass is 199 g/mol. The van der Waals surface area contributed by atoms with Crippen molar-refractivity contribution in [2.45, 2.75) is 45.6 Å². The molecule has 0 aromatic heterocycles. The van der Waals surface area contributed by atoms with Crippen LogP contribution in [0.2, 0.25) is 0 Å². The molecule has 0 spiro atoms. The highest BCUT2D eigenvalue weighted by Crippen LogP contribution is 2.12. The first-order valence-corrected chi connectivity index (χ1v) is 5.67. The smallest absolute Gasteiger partial charge is 0.251 e. The number of rotatable bonds is 7. The number of hydrogen-bond donors (Lipinski definition) is 1. The second-order valence-electron chi connectivity index (χ2n) is 3.98. The predicted octanol–water partition coefficient (Wildman–Crippen LogP) is 1.72. The summed E-state index contributed by atoms with van der Waals surface area (Å²) in [6.07, 6.45) is 4.72. The summed E-state index contributed by atoms with van der Waals surface area (Å²) in [5, 5.41) is 2.94. The first kappa shape index (κ1) is 11.5. The Balaban J connectivity index is 2.09. The molecule has 0 bridgehead atoms. The molecule has 1 saturated heterocycles. The maximum Gasteiger partial charge on any atom is 0.251 e. The third-order valence-electron chi connectivity index (χ3n) is 2.73. The molecule has 0 aromatic carbocycles. The fraction of sp³-hybridized carbons (Fsp3) is 0.909. The molecule has 0 aliphatic carbocycles. The van der Waals surface area contributed by atoms with Crippen molar-refractivity contribution in [3.63, 3.8) is 0 Å². The van der Waals surface area contributed by atoms with Gasteiger partial charge in [-0.2, -0.15) is 0 Å². The van der Waals surface area contributed by atoms with E-state index in [-0.39, 0.29) is 12.0 Å². The molecular formula is C11H21NO2. The van der Waals surface area contributed by atoms with Crippen LogP contribution in [0.4, 0.5) is 0 Å². The van der Waals surface area contributed by atoms with Gasteiger partial charge in [0.05, 0.1) is 6.61 Å². The fourth-order valence-electron chi connectivity index (χ4n) is 1.50. The fourth-order valence-corrected chi connectivity index (χ4v) is 1.50. The van der Waals surface area contributed by atoms with Crippen LogP contribution in [0.5, 0.6) is 0 Å². The molecule has 1 amide bonds. The number of ether oxygens (including phenoxy) is 1. The van der Waals surface area contributed by atoms with Gasteiger partial charge < -0.3 is 10.1 Å². The first-order chi connectivity index (χ1) is 6.77. The van der Waals surface area contributed by atoms with Crippen LogP contribution in [0, 0.1) is 5.92 Å². The molecule has 2 atom stereocenters. The zero-order valence-corrected chi connectivity index (χ0v) is 9.21. The normalized spacial score (nSPS) is 21.7. The SMILES string of the molecule is CCCCC(CC)CNC(=O)C1CO1. The molecule has 1 heterocycles. The van der Waals surface area contributed by atoms with Crippen LogP contribution < -0.4 is 5.32 Å². The summed E-state index contributed by atoms with van der Waals surface area (Å²) in [4.78, 5) is 11.3. The summed E-state index contributed by atoms with van der Waals surface area (Å²) < 4.78 is 4.91. The lowest BCUT2D eigenvalue weighted by Crippen LogP contribution is -2.32. The quantitative estimate of drug-likeness (QED) is 0.634. The third-order valence-corrected chi connectivity index (χ3v) is 2.73. The van der Waals surface area contributed by atoms with Crippen LogP contribution in [0.3, 0.4) is 0 Å². The average Bonchev–Trinajstić information content (AvgIpc) is 3.01. The molecule has 1 rings (SSSR count). The highest BCUT2D eigenvalue weighted by Gasteiger charge is 2.31. The van der Waals surface area contributed by atoms with Crippen LogP contribution in [-0.4, -0.2) is 25.2 Å². The lowest BCUT2D eigenvalue weighted by atomic mass is 9.99. The van der Waals surface area contributed by atoms with Crippen molar-refractivity contribution in [2.24, 2.45) is 5.92 Å². The van der Waals surface area contributed by atoms with E-state index in [1.54, 1.807) is 0 Å². The standard InChI is InChI=1S/C11H21NO2/c1-3-5-6-9(4-2)7-12-11(13)10-8-14-10/h9-10H,3-8H2,1-2H3,(H,12,13). The predicted molar refractivity (Wildman–Crippen MR) is 56.1 cm³/mol. The molecule has 82 valence electrons. The van der Waals surface area contributed by atoms with Crippen molar-refractivity contribution in [1.82, 2.24) is 5.32 Å². The molecule has 1 fully saturated rings. The van der Waals surface area contributed by atoms with Gasteiger partial charge in [0.1, 0.15) is 0 Å². The Morgan fingerprint density at radius 2 is 2.29 bits per heavy atom. The number of unbranched alkanes of at least 4 members (excludes halogenated alkanes) is 1. The molecule has 1 aliphatic rings. The molecular weight excluding hydrogens is 178 g/mol. The van der Waals surface area contributed by atoms with E-state index in [0.29, 0.717) is 12.5 Å². The summed E-state index contributed by atoms with van der Waals surface area (Å²) in [6, 6.07) is 0. The second kappa shape index (κ2) is 6.02. The Hall–Kier alpha value is -0.570. The highest BCUT2D eigenvalue weighted by molar-refractivity contribution is 5.82. The summed E-state index contributed by atoms with van der Waals surface area (Å²) in [7, 11) is 0. The lowest BCUT2D eigenvalue weighted by molar-refractivity contribution is -0.122. The largest absolute Gasteiger partial charge is 0.363 e. The number of hydrogen-bond acceptors (Lipinski definition) is 2. The molecule has 14 heavy (non-hydrogen) atoms. The molecule has 1 N–H and O–H groups in total. The van der Waals surface area contributed by atoms with Gasteiger partial charge >= 0.3 is 0 Å². The molecule has 0 radical (unpaired) electrons. The summed E-state index contributed by atoms with van der Waals surface area (Å²) in [5.74, 6) is 0.706. The third kappa shape index (κ3) is 4.09. The van der Waals surface area contributed by atoms with Crippen LogP contribution in [0.15, 0.2) is 0 Å². The van der Waals surface area contributed by atoms with Crippen molar-refractivity contribution < 1.29 is 9.53 Å². The average molecular weight is 199 g/mol. The Morgan fingerprint density at radius 1 is 1.57 bits per heavy atom. The molecule has 2 unspecified atom stereocenters. The number of epoxide rings is 1. The van der Waals surface area contributed by atoms with E-state index >= 15 is 0 Å². The van der Waals surface area contributed by atoms with E-state index in [1.807, 2.05) is 0 Å². The maximum atomic E-state index is 11.3. The Kier molecular flexibility index (Phi) is 4.94. The van der Waals surface area contributed by atoms with Crippen LogP contribution in [-0.2, 0) is 9.53 Å². The van der Waals surface area contributed by atoms with Crippen LogP contribution >= 0.6 is 0 Å². The maximum absolute atomic E-state index is 11.3. The van der Waals surface area contributed by atoms with Gasteiger partial charge in [0, 0.05) is 6.54 Å². The van der Waals surface area contributed by atoms with E-state index in [2.05, 4.69) is 19.2 Å². The zero-order chi connectivity index (χ0) is 10.4. The minimum Gasteiger partial charge on any atom is -0.363 e. The van der Waals surface area contributed by atoms with Crippen molar-refractivity contribution >= 4 is 5.91 Å². The number of amides is 1. The Bertz CT molecular complexity index is 178. The van der Waals surface area contributed by atoms with Gasteiger partial charge in [0.15, 0.2) is 6.10 Å². The van der Waals surface area contributed by atoms with Crippen molar-refractivity contribution in [1.29, 1.82) is 0 Å². The summed E-state index contributed by atoms with van der Waals surface area (Å²) in [5.41, 5.74) is 0. The van der Waals surface area contributed by atoms with Gasteiger partial charge in [-0.1, -0.05) is 33.1 Å². The number of nitrogens with one attached hydrogen (secondary N) is 1. The Morgan fingerprint density at radius 3 is 2.79 bits per heavy atom. The number of carbonyl (C=O) groups is 1. The van der Waals surface area contributed by atoms with Gasteiger partial charge in [0.2, 0.25) is 0 Å². The first-order valence-electron chi connectivity index (χ1n) is 5.67. The molecule has 3 heteroatoms. The van der Waals surface area contributed by atoms with Gasteiger partial charge in [-0.15, -0.1) is 0 Å². The zero-order valence-electron chi connectivity index (χ0n) is 9.21. The second-order valence-corrected chi connectivity index (χ2v) is 3.98. The van der Waals surface area contributed by atoms with E-state index in [1.165, 1.54) is 19.3 Å². The minimum atomic E-state index is -0.140. The van der Waals surface area contributed by atoms with Gasteiger partial charge in [-0.05, 0) is 12.3 Å². The van der Waals surface area contributed by atoms with Crippen molar-refractivity contribution in [2.75, 3.05) is 13.2 Å². The van der Waals surface area contributed by atoms with E-state index in [4.69, 9.17) is 4.74 Å². The Labute approximate surface area is 86.2 Å². The number of carbonyl (C=O) groups excluding carboxylic acids is 1. The highest BCUT2D eigenvalue weighted by atomic mass is 16.6. The van der Waals surface area contributed by atoms with Crippen LogP contribution in [0.1, 0.15) is 39.5 Å². The lowest BCUT2D eigenvalue weighted by Gasteiger charge is -2.14. The van der Waals surface area contributed by atoms with E-state index in [0.717, 1.165) is 13.0 Å². The van der Waals surface area contributed by atoms with Crippen molar-refractivity contribution in [3.8, 4) is 0 Å². The summed E-state index contributed by atoms with van der Waals surface area (Å²) in [6.45, 7) is 5.80. The van der Waals surface area contributed by atoms with E-state index < -0.39 is 0 Å². The van der Waals surface area contributed by atoms with Gasteiger partial charge in [0.25, 0.3) is 5.91 Å². The van der Waals surface area contributed by atoms with E-state index in [9.17, 15) is 4.79 Å². The molecule has 3 nitrogen and oxygen atoms in total. The topological polar surface area (TPSA) is 41.6 Å². The van der Waals surface area contributed by atoms with Gasteiger partial charge in [-0.3, -0.25) is 4.79 Å². The van der Waals surface area contributed by atoms with Gasteiger partial charge in [-0.25, -0.2) is 0 Å². The molecule has 1 aliphatic heterocycles. The molecule has 0 saturated carbocycles. The van der Waals surface area contributed by atoms with Crippen LogP contribution in [0.25, 0.3) is 0 Å². The summed E-state index contributed by atoms with van der Waals surface area (Å²) >= 11 is 0. The molecule has 0 aromatic rings. The van der Waals surface area contributed by atoms with Crippen molar-refractivity contribution in [3.05, 3.63) is 0 Å². The minimum absolute atomic E-state index is 0.0694.